The van der Waals surface area contributed by atoms with Gasteiger partial charge in [-0.3, -0.25) is 0 Å². The summed E-state index contributed by atoms with van der Waals surface area (Å²) in [5.74, 6) is -3.65. The summed E-state index contributed by atoms with van der Waals surface area (Å²) in [4.78, 5) is 18.2. The molecule has 0 heterocycles. The Morgan fingerprint density at radius 1 is 0.857 bits per heavy atom. The predicted molar refractivity (Wildman–Crippen MR) is 44.4 cm³/mol. The van der Waals surface area contributed by atoms with Gasteiger partial charge in [0.15, 0.2) is 0 Å². The molecule has 0 saturated carbocycles. The van der Waals surface area contributed by atoms with Crippen molar-refractivity contribution in [2.24, 2.45) is 0 Å². The molecule has 0 aromatic rings. The van der Waals surface area contributed by atoms with Gasteiger partial charge in [-0.1, -0.05) is 0 Å². The van der Waals surface area contributed by atoms with Crippen LogP contribution in [0.5, 0.6) is 0 Å². The summed E-state index contributed by atoms with van der Waals surface area (Å²) in [5.41, 5.74) is 0. The zero-order chi connectivity index (χ0) is 9.65. The predicted octanol–water partition coefficient (Wildman–Crippen LogP) is -4.46. The molecule has 0 saturated heterocycles. The van der Waals surface area contributed by atoms with E-state index in [0.717, 1.165) is 0 Å². The molecule has 0 fully saturated rings. The van der Waals surface area contributed by atoms with Crippen molar-refractivity contribution < 1.29 is 57.0 Å². The summed E-state index contributed by atoms with van der Waals surface area (Å²) in [7, 11) is 20.1. The van der Waals surface area contributed by atoms with Gasteiger partial charge in [0.05, 0.1) is 0 Å². The summed E-state index contributed by atoms with van der Waals surface area (Å²) >= 11 is -3.11. The summed E-state index contributed by atoms with van der Waals surface area (Å²) in [6, 6.07) is 0. The summed E-state index contributed by atoms with van der Waals surface area (Å²) < 4.78 is 0. The van der Waals surface area contributed by atoms with Gasteiger partial charge in [0.2, 0.25) is 0 Å². The maximum atomic E-state index is 9.10. The van der Waals surface area contributed by atoms with Crippen LogP contribution in [-0.4, -0.2) is 71.0 Å². The van der Waals surface area contributed by atoms with Crippen LogP contribution in [0, 0.1) is 0 Å². The van der Waals surface area contributed by atoms with Crippen LogP contribution in [0.3, 0.4) is 0 Å². The average Bonchev–Trinajstić information content (AvgIpc) is 1.59. The first-order chi connectivity index (χ1) is 4.64. The molecular formula is C2H2BaCl6O4Ti. The molecule has 14 heavy (non-hydrogen) atoms. The Morgan fingerprint density at radius 2 is 0.929 bits per heavy atom. The number of halogens is 6. The second-order valence-electron chi connectivity index (χ2n) is 1.04. The van der Waals surface area contributed by atoms with Crippen LogP contribution in [0.25, 0.3) is 0 Å². The molecule has 82 valence electrons. The quantitative estimate of drug-likeness (QED) is 0.267. The minimum atomic E-state index is -3.11. The third-order valence-corrected chi connectivity index (χ3v) is 0.183. The fraction of sp³-hybridized carbons (Fsp3) is 0. The number of rotatable bonds is 0. The van der Waals surface area contributed by atoms with Crippen LogP contribution >= 0.6 is 37.2 Å². The van der Waals surface area contributed by atoms with Crippen LogP contribution in [-0.2, 0) is 21.9 Å². The number of carboxylic acid groups (broad SMARTS) is 2. The fourth-order valence-electron chi connectivity index (χ4n) is 0. The van der Waals surface area contributed by atoms with Crippen molar-refractivity contribution in [3.05, 3.63) is 0 Å². The molecule has 0 spiro atoms. The molecule has 0 amide bonds. The second-order valence-corrected chi connectivity index (χ2v) is 16.5. The van der Waals surface area contributed by atoms with Crippen molar-refractivity contribution in [2.75, 3.05) is 0 Å². The van der Waals surface area contributed by atoms with Gasteiger partial charge in [0.1, 0.15) is 0 Å². The van der Waals surface area contributed by atoms with Crippen molar-refractivity contribution in [2.45, 2.75) is 0 Å². The Kier molecular flexibility index (Phi) is 34.4. The van der Waals surface area contributed by atoms with Crippen LogP contribution in [0.1, 0.15) is 0 Å². The molecule has 0 radical (unpaired) electrons. The van der Waals surface area contributed by atoms with Crippen LogP contribution in [0.2, 0.25) is 0 Å². The minimum absolute atomic E-state index is 0. The summed E-state index contributed by atoms with van der Waals surface area (Å²) in [6.07, 6.45) is 0. The SMILES string of the molecule is O=C(O)C(=O)O.[Ba+2].[Cl-].[Cl-].[Cl][Ti]([Cl])([Cl])[Cl]. The van der Waals surface area contributed by atoms with E-state index in [0.29, 0.717) is 0 Å². The van der Waals surface area contributed by atoms with E-state index >= 15 is 0 Å². The molecule has 0 unspecified atom stereocenters. The van der Waals surface area contributed by atoms with Gasteiger partial charge in [-0.25, -0.2) is 9.59 Å². The summed E-state index contributed by atoms with van der Waals surface area (Å²) in [5, 5.41) is 14.8. The van der Waals surface area contributed by atoms with Crippen molar-refractivity contribution in [1.29, 1.82) is 0 Å². The van der Waals surface area contributed by atoms with Gasteiger partial charge in [-0.15, -0.1) is 0 Å². The molecule has 0 bridgehead atoms. The number of hydrogen-bond donors (Lipinski definition) is 2. The average molecular weight is 488 g/mol. The Balaban J connectivity index is -0.0000000321. The van der Waals surface area contributed by atoms with Crippen molar-refractivity contribution in [3.8, 4) is 0 Å². The third-order valence-electron chi connectivity index (χ3n) is 0.183. The molecule has 0 aromatic carbocycles. The normalized spacial score (nSPS) is 7.43. The van der Waals surface area contributed by atoms with E-state index in [1.165, 1.54) is 0 Å². The second kappa shape index (κ2) is 16.0. The Hall–Kier alpha value is 2.97. The van der Waals surface area contributed by atoms with E-state index < -0.39 is 24.3 Å². The monoisotopic (exact) mass is 486 g/mol. The van der Waals surface area contributed by atoms with Crippen LogP contribution in [0.4, 0.5) is 0 Å². The molecular weight excluding hydrogens is 486 g/mol. The number of carbonyl (C=O) groups is 2. The van der Waals surface area contributed by atoms with E-state index in [4.69, 9.17) is 57.0 Å². The van der Waals surface area contributed by atoms with E-state index in [1.807, 2.05) is 0 Å². The van der Waals surface area contributed by atoms with Gasteiger partial charge in [0, 0.05) is 0 Å². The molecule has 2 N–H and O–H groups in total. The maximum absolute atomic E-state index is 9.10. The molecule has 0 aromatic heterocycles. The molecule has 4 nitrogen and oxygen atoms in total. The zero-order valence-corrected chi connectivity index (χ0v) is 16.7. The van der Waals surface area contributed by atoms with Crippen LogP contribution < -0.4 is 24.8 Å². The van der Waals surface area contributed by atoms with Crippen molar-refractivity contribution in [1.82, 2.24) is 0 Å². The Labute approximate surface area is 152 Å². The van der Waals surface area contributed by atoms with Gasteiger partial charge in [-0.2, -0.15) is 0 Å². The van der Waals surface area contributed by atoms with Crippen molar-refractivity contribution in [3.63, 3.8) is 0 Å². The standard InChI is InChI=1S/C2H2O4.Ba.6ClH.Ti/c3-1(4)2(5)6;;;;;;;;/h(H,3,4)(H,5,6);;6*1H;/q;+2;;;;;;;+4/p-6. The van der Waals surface area contributed by atoms with Gasteiger partial charge in [0.25, 0.3) is 0 Å². The zero-order valence-electron chi connectivity index (χ0n) is 6.19. The fourth-order valence-corrected chi connectivity index (χ4v) is 0. The molecule has 0 rings (SSSR count). The van der Waals surface area contributed by atoms with Crippen LogP contribution in [0.15, 0.2) is 0 Å². The first kappa shape index (κ1) is 30.2. The number of aliphatic carboxylic acids is 2. The topological polar surface area (TPSA) is 74.6 Å². The third kappa shape index (κ3) is 60.2. The molecule has 0 aliphatic rings. The molecule has 0 atom stereocenters. The molecule has 0 aliphatic heterocycles. The Bertz CT molecular complexity index is 142. The van der Waals surface area contributed by atoms with Gasteiger partial charge in [-0.05, 0) is 0 Å². The van der Waals surface area contributed by atoms with E-state index in [2.05, 4.69) is 0 Å². The number of hydrogen-bond acceptors (Lipinski definition) is 2. The van der Waals surface area contributed by atoms with Gasteiger partial charge >= 0.3 is 110 Å². The van der Waals surface area contributed by atoms with E-state index in [9.17, 15) is 0 Å². The first-order valence-electron chi connectivity index (χ1n) is 1.86. The van der Waals surface area contributed by atoms with E-state index in [-0.39, 0.29) is 73.7 Å². The Morgan fingerprint density at radius 3 is 0.929 bits per heavy atom. The molecule has 12 heteroatoms. The van der Waals surface area contributed by atoms with E-state index in [1.54, 1.807) is 0 Å². The first-order valence-corrected chi connectivity index (χ1v) is 10.5. The molecule has 0 aliphatic carbocycles. The van der Waals surface area contributed by atoms with Gasteiger partial charge < -0.3 is 35.0 Å². The summed E-state index contributed by atoms with van der Waals surface area (Å²) in [6.45, 7) is 0. The van der Waals surface area contributed by atoms with Crippen molar-refractivity contribution >= 4 is 98.0 Å². The number of carboxylic acids is 2.